The summed E-state index contributed by atoms with van der Waals surface area (Å²) in [7, 11) is 1.79. The molecule has 0 aromatic carbocycles. The Morgan fingerprint density at radius 1 is 1.24 bits per heavy atom. The highest BCUT2D eigenvalue weighted by Crippen LogP contribution is 2.23. The Morgan fingerprint density at radius 2 is 1.86 bits per heavy atom. The molecule has 29 heavy (non-hydrogen) atoms. The predicted molar refractivity (Wildman–Crippen MR) is 129 cm³/mol. The largest absolute Gasteiger partial charge is 0.363 e. The van der Waals surface area contributed by atoms with Crippen molar-refractivity contribution in [3.05, 3.63) is 0 Å². The summed E-state index contributed by atoms with van der Waals surface area (Å²) >= 11 is 5.53. The van der Waals surface area contributed by atoms with Gasteiger partial charge in [0.15, 0.2) is 10.9 Å². The van der Waals surface area contributed by atoms with Gasteiger partial charge in [-0.3, -0.25) is 9.59 Å². The van der Waals surface area contributed by atoms with Gasteiger partial charge in [-0.15, -0.1) is 0 Å². The molecule has 172 valence electrons. The number of nitrogens with one attached hydrogen (secondary N) is 1. The molecule has 0 aliphatic carbocycles. The first-order chi connectivity index (χ1) is 13.7. The molecule has 3 atom stereocenters. The van der Waals surface area contributed by atoms with Crippen molar-refractivity contribution < 1.29 is 11.0 Å². The number of likely N-dealkylation sites (N-methyl/N-ethyl adjacent to an activating group) is 1. The smallest absolute Gasteiger partial charge is 0.245 e. The van der Waals surface area contributed by atoms with E-state index in [2.05, 4.69) is 26.1 Å². The molecule has 1 N–H and O–H groups in total. The van der Waals surface area contributed by atoms with Gasteiger partial charge in [-0.1, -0.05) is 54.9 Å². The van der Waals surface area contributed by atoms with Crippen molar-refractivity contribution in [2.24, 2.45) is 11.8 Å². The van der Waals surface area contributed by atoms with Crippen LogP contribution in [-0.4, -0.2) is 58.8 Å². The van der Waals surface area contributed by atoms with Gasteiger partial charge in [0.1, 0.15) is 6.04 Å². The normalized spacial score (nSPS) is 18.0. The zero-order valence-electron chi connectivity index (χ0n) is 20.1. The van der Waals surface area contributed by atoms with Crippen LogP contribution >= 0.6 is 12.2 Å². The zero-order valence-corrected chi connectivity index (χ0v) is 20.9. The summed E-state index contributed by atoms with van der Waals surface area (Å²) in [6.45, 7) is 16.0. The van der Waals surface area contributed by atoms with Crippen LogP contribution in [0.2, 0.25) is 0 Å². The second-order valence-corrected chi connectivity index (χ2v) is 8.63. The Kier molecular flexibility index (Phi) is 14.2. The summed E-state index contributed by atoms with van der Waals surface area (Å²) in [6.07, 6.45) is 5.42. The third-order valence-electron chi connectivity index (χ3n) is 5.54. The monoisotopic (exact) mass is 429 g/mol. The highest BCUT2D eigenvalue weighted by molar-refractivity contribution is 7.80. The Morgan fingerprint density at radius 3 is 2.38 bits per heavy atom. The topological polar surface area (TPSA) is 52.7 Å². The van der Waals surface area contributed by atoms with Gasteiger partial charge in [-0.05, 0) is 50.2 Å². The molecular weight excluding hydrogens is 382 g/mol. The minimum Gasteiger partial charge on any atom is -0.363 e. The highest BCUT2D eigenvalue weighted by Gasteiger charge is 2.38. The first-order valence-corrected chi connectivity index (χ1v) is 12.0. The zero-order chi connectivity index (χ0) is 22.6. The molecule has 1 aliphatic heterocycles. The number of hydrogen-bond donors (Lipinski definition) is 1. The van der Waals surface area contributed by atoms with Crippen molar-refractivity contribution in [2.45, 2.75) is 99.1 Å². The molecule has 5 nitrogen and oxygen atoms in total. The Hall–Kier alpha value is -1.17. The van der Waals surface area contributed by atoms with E-state index in [1.54, 1.807) is 11.9 Å². The SMILES string of the molecule is CC.CCCCNC(=S)N1CCC[C@H]1C(=O)N(C)[C@H](CC(C)C)C(=O)C(C)CC.[HH]. The number of thiocarbonyl (C=S) groups is 1. The lowest BCUT2D eigenvalue weighted by Gasteiger charge is -2.35. The molecule has 1 saturated heterocycles. The minimum absolute atomic E-state index is 0. The van der Waals surface area contributed by atoms with E-state index in [4.69, 9.17) is 12.2 Å². The molecule has 1 unspecified atom stereocenters. The van der Waals surface area contributed by atoms with Crippen molar-refractivity contribution in [1.29, 1.82) is 0 Å². The standard InChI is InChI=1S/C21H39N3O2S.C2H6.H2/c1-7-9-12-22-21(27)24-13-10-11-17(24)20(26)23(6)18(14-15(3)4)19(25)16(5)8-2;1-2;/h15-18H,7-14H2,1-6H3,(H,22,27);1-2H3;1H/t16?,17-,18+;;/m0../s1. The van der Waals surface area contributed by atoms with Crippen molar-refractivity contribution in [3.8, 4) is 0 Å². The molecule has 1 heterocycles. The van der Waals surface area contributed by atoms with Gasteiger partial charge in [0.25, 0.3) is 0 Å². The first kappa shape index (κ1) is 27.8. The molecule has 1 aliphatic rings. The molecule has 1 fully saturated rings. The Balaban J connectivity index is 0. The lowest BCUT2D eigenvalue weighted by atomic mass is 9.90. The quantitative estimate of drug-likeness (QED) is 0.396. The predicted octanol–water partition coefficient (Wildman–Crippen LogP) is 4.89. The van der Waals surface area contributed by atoms with E-state index in [0.29, 0.717) is 17.5 Å². The van der Waals surface area contributed by atoms with Crippen LogP contribution in [0.25, 0.3) is 0 Å². The van der Waals surface area contributed by atoms with E-state index >= 15 is 0 Å². The lowest BCUT2D eigenvalue weighted by Crippen LogP contribution is -2.54. The summed E-state index contributed by atoms with van der Waals surface area (Å²) in [5.74, 6) is 0.528. The van der Waals surface area contributed by atoms with E-state index in [0.717, 1.165) is 45.2 Å². The van der Waals surface area contributed by atoms with E-state index in [9.17, 15) is 9.59 Å². The van der Waals surface area contributed by atoms with Crippen LogP contribution in [0, 0.1) is 11.8 Å². The van der Waals surface area contributed by atoms with E-state index in [-0.39, 0.29) is 31.1 Å². The molecule has 1 rings (SSSR count). The van der Waals surface area contributed by atoms with Crippen LogP contribution in [0.1, 0.15) is 88.4 Å². The van der Waals surface area contributed by atoms with E-state index in [1.807, 2.05) is 32.6 Å². The summed E-state index contributed by atoms with van der Waals surface area (Å²) in [6, 6.07) is -0.604. The summed E-state index contributed by atoms with van der Waals surface area (Å²) in [5, 5.41) is 3.95. The van der Waals surface area contributed by atoms with Gasteiger partial charge in [0, 0.05) is 27.5 Å². The van der Waals surface area contributed by atoms with Crippen molar-refractivity contribution in [1.82, 2.24) is 15.1 Å². The van der Waals surface area contributed by atoms with Crippen LogP contribution in [0.15, 0.2) is 0 Å². The van der Waals surface area contributed by atoms with Gasteiger partial charge in [-0.2, -0.15) is 0 Å². The molecule has 0 aromatic heterocycles. The number of unbranched alkanes of at least 4 members (excludes halogenated alkanes) is 1. The lowest BCUT2D eigenvalue weighted by molar-refractivity contribution is -0.142. The van der Waals surface area contributed by atoms with Gasteiger partial charge < -0.3 is 15.1 Å². The van der Waals surface area contributed by atoms with Crippen LogP contribution in [0.3, 0.4) is 0 Å². The van der Waals surface area contributed by atoms with Gasteiger partial charge in [-0.25, -0.2) is 0 Å². The average molecular weight is 430 g/mol. The molecule has 0 radical (unpaired) electrons. The third-order valence-corrected chi connectivity index (χ3v) is 5.92. The molecule has 0 aromatic rings. The number of rotatable bonds is 10. The van der Waals surface area contributed by atoms with Crippen LogP contribution in [0.4, 0.5) is 0 Å². The maximum absolute atomic E-state index is 13.3. The van der Waals surface area contributed by atoms with Crippen molar-refractivity contribution >= 4 is 29.0 Å². The number of ketones is 1. The number of amides is 1. The number of likely N-dealkylation sites (tertiary alicyclic amines) is 1. The second-order valence-electron chi connectivity index (χ2n) is 8.24. The van der Waals surface area contributed by atoms with E-state index < -0.39 is 0 Å². The van der Waals surface area contributed by atoms with E-state index in [1.165, 1.54) is 0 Å². The van der Waals surface area contributed by atoms with Crippen LogP contribution < -0.4 is 5.32 Å². The molecule has 6 heteroatoms. The number of Topliss-reactive ketones (excluding diaryl/α,β-unsaturated/α-hetero) is 1. The summed E-state index contributed by atoms with van der Waals surface area (Å²) in [4.78, 5) is 29.9. The second kappa shape index (κ2) is 14.8. The van der Waals surface area contributed by atoms with Gasteiger partial charge >= 0.3 is 0 Å². The third kappa shape index (κ3) is 8.61. The molecule has 0 saturated carbocycles. The van der Waals surface area contributed by atoms with Crippen molar-refractivity contribution in [2.75, 3.05) is 20.1 Å². The molecule has 1 amide bonds. The highest BCUT2D eigenvalue weighted by atomic mass is 32.1. The number of carbonyl (C=O) groups is 2. The fourth-order valence-electron chi connectivity index (χ4n) is 3.57. The summed E-state index contributed by atoms with van der Waals surface area (Å²) < 4.78 is 0. The Labute approximate surface area is 186 Å². The van der Waals surface area contributed by atoms with Crippen molar-refractivity contribution in [3.63, 3.8) is 0 Å². The molecular formula is C23H47N3O2S. The summed E-state index contributed by atoms with van der Waals surface area (Å²) in [5.41, 5.74) is 0. The average Bonchev–Trinajstić information content (AvgIpc) is 3.21. The molecule has 0 bridgehead atoms. The van der Waals surface area contributed by atoms with Crippen LogP contribution in [-0.2, 0) is 9.59 Å². The van der Waals surface area contributed by atoms with Gasteiger partial charge in [0.05, 0.1) is 6.04 Å². The maximum atomic E-state index is 13.3. The fraction of sp³-hybridized carbons (Fsp3) is 0.870. The molecule has 0 spiro atoms. The number of nitrogens with zero attached hydrogens (tertiary/aromatic N) is 2. The fourth-order valence-corrected chi connectivity index (χ4v) is 3.89. The van der Waals surface area contributed by atoms with Crippen LogP contribution in [0.5, 0.6) is 0 Å². The number of carbonyl (C=O) groups excluding carboxylic acids is 2. The minimum atomic E-state index is -0.350. The first-order valence-electron chi connectivity index (χ1n) is 11.6. The van der Waals surface area contributed by atoms with Gasteiger partial charge in [0.2, 0.25) is 5.91 Å². The number of hydrogen-bond acceptors (Lipinski definition) is 3. The maximum Gasteiger partial charge on any atom is 0.245 e. The Bertz CT molecular complexity index is 517.